The third-order valence-corrected chi connectivity index (χ3v) is 11.5. The Bertz CT molecular complexity index is 2850. The number of fused-ring (bicyclic) bond motifs is 9. The molecule has 252 valence electrons. The fourth-order valence-corrected chi connectivity index (χ4v) is 8.83. The van der Waals surface area contributed by atoms with E-state index in [2.05, 4.69) is 176 Å². The molecule has 0 radical (unpaired) electrons. The van der Waals surface area contributed by atoms with Gasteiger partial charge in [-0.2, -0.15) is 0 Å². The number of rotatable bonds is 2. The monoisotopic (exact) mass is 681 g/mol. The van der Waals surface area contributed by atoms with Gasteiger partial charge in [-0.1, -0.05) is 147 Å². The van der Waals surface area contributed by atoms with Crippen LogP contribution in [-0.4, -0.2) is 12.0 Å². The molecule has 2 aliphatic heterocycles. The number of nitrogens with zero attached hydrogens (tertiary/aromatic N) is 2. The Morgan fingerprint density at radius 3 is 2.30 bits per heavy atom. The summed E-state index contributed by atoms with van der Waals surface area (Å²) in [5.74, 6) is 0.793. The second-order valence-corrected chi connectivity index (χ2v) is 14.8. The number of benzene rings is 6. The minimum atomic E-state index is -0.116. The van der Waals surface area contributed by atoms with E-state index < -0.39 is 0 Å². The molecule has 4 aliphatic rings. The summed E-state index contributed by atoms with van der Waals surface area (Å²) in [6.45, 7) is 4.69. The Hall–Kier alpha value is -6.65. The van der Waals surface area contributed by atoms with Crippen LogP contribution in [0.25, 0.3) is 62.0 Å². The summed E-state index contributed by atoms with van der Waals surface area (Å²) in [7, 11) is 0. The summed E-state index contributed by atoms with van der Waals surface area (Å²) in [5, 5.41) is 6.12. The van der Waals surface area contributed by atoms with Crippen molar-refractivity contribution in [3.63, 3.8) is 0 Å². The Morgan fingerprint density at radius 1 is 0.623 bits per heavy atom. The van der Waals surface area contributed by atoms with Crippen molar-refractivity contribution in [1.82, 2.24) is 5.32 Å². The third kappa shape index (κ3) is 4.45. The van der Waals surface area contributed by atoms with Crippen LogP contribution in [-0.2, 0) is 5.41 Å². The van der Waals surface area contributed by atoms with Crippen molar-refractivity contribution < 1.29 is 4.42 Å². The number of nitrogens with one attached hydrogen (secondary N) is 1. The second-order valence-electron chi connectivity index (χ2n) is 14.8. The Balaban J connectivity index is 1.15. The van der Waals surface area contributed by atoms with E-state index in [1.807, 2.05) is 12.1 Å². The first-order chi connectivity index (χ1) is 26.0. The van der Waals surface area contributed by atoms with Crippen LogP contribution in [0.2, 0.25) is 0 Å². The topological polar surface area (TPSA) is 40.8 Å². The molecule has 1 N–H and O–H groups in total. The molecule has 6 aromatic carbocycles. The van der Waals surface area contributed by atoms with Crippen molar-refractivity contribution in [1.29, 1.82) is 0 Å². The van der Waals surface area contributed by atoms with Crippen molar-refractivity contribution >= 4 is 57.1 Å². The fourth-order valence-electron chi connectivity index (χ4n) is 8.83. The van der Waals surface area contributed by atoms with Gasteiger partial charge in [0, 0.05) is 32.9 Å². The molecule has 1 aromatic heterocycles. The molecule has 7 aromatic rings. The van der Waals surface area contributed by atoms with Gasteiger partial charge in [-0.15, -0.1) is 0 Å². The zero-order chi connectivity index (χ0) is 35.3. The summed E-state index contributed by atoms with van der Waals surface area (Å²) >= 11 is 0. The van der Waals surface area contributed by atoms with E-state index in [1.54, 1.807) is 0 Å². The quantitative estimate of drug-likeness (QED) is 0.197. The summed E-state index contributed by atoms with van der Waals surface area (Å²) in [6, 6.07) is 45.7. The first-order valence-corrected chi connectivity index (χ1v) is 18.3. The Morgan fingerprint density at radius 2 is 1.40 bits per heavy atom. The van der Waals surface area contributed by atoms with Gasteiger partial charge in [0.05, 0.1) is 23.1 Å². The normalized spacial score (nSPS) is 17.5. The highest BCUT2D eigenvalue weighted by Gasteiger charge is 2.38. The van der Waals surface area contributed by atoms with Crippen molar-refractivity contribution in [3.05, 3.63) is 185 Å². The van der Waals surface area contributed by atoms with E-state index in [0.717, 1.165) is 78.4 Å². The van der Waals surface area contributed by atoms with Gasteiger partial charge in [-0.25, -0.2) is 4.99 Å². The molecular weight excluding hydrogens is 647 g/mol. The van der Waals surface area contributed by atoms with Crippen LogP contribution in [0.4, 0.5) is 11.4 Å². The lowest BCUT2D eigenvalue weighted by molar-refractivity contribution is 0.660. The average molecular weight is 682 g/mol. The molecule has 0 spiro atoms. The molecule has 0 saturated carbocycles. The summed E-state index contributed by atoms with van der Waals surface area (Å²) < 4.78 is 6.50. The molecule has 0 bridgehead atoms. The molecule has 2 aliphatic carbocycles. The maximum atomic E-state index is 6.50. The lowest BCUT2D eigenvalue weighted by Crippen LogP contribution is -2.47. The van der Waals surface area contributed by atoms with E-state index in [0.29, 0.717) is 0 Å². The highest BCUT2D eigenvalue weighted by atomic mass is 16.3. The SMILES string of the molecule is CC1(C)c2ccccc2-c2cc3c(cc21)C=Cc1cc(-c2cccc4c2oc2ccccc24)ccc1N3C1=NC(c2ccccc2)=C2C=CC=CC2N1. The van der Waals surface area contributed by atoms with Crippen LogP contribution >= 0.6 is 0 Å². The first-order valence-electron chi connectivity index (χ1n) is 18.3. The molecule has 4 heteroatoms. The maximum absolute atomic E-state index is 6.50. The lowest BCUT2D eigenvalue weighted by atomic mass is 9.82. The van der Waals surface area contributed by atoms with Gasteiger partial charge in [0.15, 0.2) is 0 Å². The summed E-state index contributed by atoms with van der Waals surface area (Å²) in [6.07, 6.45) is 13.2. The molecule has 0 amide bonds. The number of para-hydroxylation sites is 2. The van der Waals surface area contributed by atoms with Crippen molar-refractivity contribution in [2.24, 2.45) is 4.99 Å². The van der Waals surface area contributed by atoms with Crippen LogP contribution in [0.15, 0.2) is 167 Å². The Labute approximate surface area is 308 Å². The van der Waals surface area contributed by atoms with Gasteiger partial charge in [0.1, 0.15) is 11.2 Å². The number of hydrogen-bond donors (Lipinski definition) is 1. The predicted octanol–water partition coefficient (Wildman–Crippen LogP) is 12.0. The minimum Gasteiger partial charge on any atom is -0.455 e. The molecule has 53 heavy (non-hydrogen) atoms. The van der Waals surface area contributed by atoms with Gasteiger partial charge in [-0.3, -0.25) is 4.90 Å². The fraction of sp³-hybridized carbons (Fsp3) is 0.0816. The molecule has 1 unspecified atom stereocenters. The number of furan rings is 1. The number of hydrogen-bond acceptors (Lipinski definition) is 4. The lowest BCUT2D eigenvalue weighted by Gasteiger charge is -2.35. The molecule has 0 fully saturated rings. The number of guanidine groups is 1. The van der Waals surface area contributed by atoms with Crippen molar-refractivity contribution in [3.8, 4) is 22.3 Å². The van der Waals surface area contributed by atoms with E-state index in [1.165, 1.54) is 22.3 Å². The number of anilines is 2. The van der Waals surface area contributed by atoms with Crippen LogP contribution in [0.1, 0.15) is 41.7 Å². The zero-order valence-electron chi connectivity index (χ0n) is 29.5. The number of allylic oxidation sites excluding steroid dienone is 2. The largest absolute Gasteiger partial charge is 0.455 e. The Kier molecular flexibility index (Phi) is 6.33. The van der Waals surface area contributed by atoms with Crippen LogP contribution in [0.3, 0.4) is 0 Å². The molecule has 3 heterocycles. The molecule has 11 rings (SSSR count). The van der Waals surface area contributed by atoms with Crippen LogP contribution in [0, 0.1) is 0 Å². The first kappa shape index (κ1) is 30.0. The smallest absolute Gasteiger partial charge is 0.209 e. The second kappa shape index (κ2) is 11.2. The molecule has 0 saturated heterocycles. The van der Waals surface area contributed by atoms with E-state index in [-0.39, 0.29) is 11.5 Å². The maximum Gasteiger partial charge on any atom is 0.209 e. The van der Waals surface area contributed by atoms with Gasteiger partial charge in [-0.05, 0) is 69.3 Å². The van der Waals surface area contributed by atoms with E-state index in [4.69, 9.17) is 9.41 Å². The van der Waals surface area contributed by atoms with Gasteiger partial charge >= 0.3 is 0 Å². The van der Waals surface area contributed by atoms with Gasteiger partial charge in [0.2, 0.25) is 5.96 Å². The highest BCUT2D eigenvalue weighted by molar-refractivity contribution is 6.13. The van der Waals surface area contributed by atoms with E-state index >= 15 is 0 Å². The van der Waals surface area contributed by atoms with Crippen molar-refractivity contribution in [2.75, 3.05) is 4.90 Å². The molecular formula is C49H35N3O. The minimum absolute atomic E-state index is 0.0233. The van der Waals surface area contributed by atoms with Crippen LogP contribution < -0.4 is 10.2 Å². The van der Waals surface area contributed by atoms with Gasteiger partial charge in [0.25, 0.3) is 0 Å². The third-order valence-electron chi connectivity index (χ3n) is 11.5. The van der Waals surface area contributed by atoms with Gasteiger partial charge < -0.3 is 9.73 Å². The number of aliphatic imine (C=N–C) groups is 1. The average Bonchev–Trinajstić information content (AvgIpc) is 3.63. The molecule has 1 atom stereocenters. The molecule has 4 nitrogen and oxygen atoms in total. The van der Waals surface area contributed by atoms with Crippen LogP contribution in [0.5, 0.6) is 0 Å². The predicted molar refractivity (Wildman–Crippen MR) is 220 cm³/mol. The standard InChI is InChI=1S/C49H35N3O/c1-49(2)40-20-9-6-15-35(40)39-29-44-33(28-41(39)49)24-23-32-27-31(34-18-12-19-37-36-16-8-11-22-45(36)53-47(34)37)25-26-43(32)52(44)48-50-42-21-10-7-17-38(42)46(51-48)30-13-4-3-5-14-30/h3-29,42H,1-2H3,(H,50,51). The highest BCUT2D eigenvalue weighted by Crippen LogP contribution is 2.52. The zero-order valence-corrected chi connectivity index (χ0v) is 29.5. The van der Waals surface area contributed by atoms with E-state index in [9.17, 15) is 0 Å². The summed E-state index contributed by atoms with van der Waals surface area (Å²) in [4.78, 5) is 7.84. The van der Waals surface area contributed by atoms with Crippen molar-refractivity contribution in [2.45, 2.75) is 25.3 Å². The summed E-state index contributed by atoms with van der Waals surface area (Å²) in [5.41, 5.74) is 16.8.